The lowest BCUT2D eigenvalue weighted by atomic mass is 10.0. The zero-order valence-electron chi connectivity index (χ0n) is 66.0. The van der Waals surface area contributed by atoms with Gasteiger partial charge in [-0.1, -0.05) is 74.4 Å². The molecule has 6 rings (SSSR count). The number of amides is 12. The van der Waals surface area contributed by atoms with E-state index in [1.807, 2.05) is 53.1 Å². The van der Waals surface area contributed by atoms with Gasteiger partial charge in [-0.2, -0.15) is 23.5 Å². The number of nitrogens with two attached hydrogens (primary N) is 3. The molecule has 2 bridgehead atoms. The Balaban J connectivity index is 0.988. The molecule has 2 aromatic carbocycles. The van der Waals surface area contributed by atoms with Crippen molar-refractivity contribution in [2.45, 2.75) is 176 Å². The second-order valence-electron chi connectivity index (χ2n) is 28.9. The molecule has 0 radical (unpaired) electrons. The predicted octanol–water partition coefficient (Wildman–Crippen LogP) is -2.69. The van der Waals surface area contributed by atoms with Gasteiger partial charge >= 0.3 is 5.97 Å². The van der Waals surface area contributed by atoms with Gasteiger partial charge in [0.15, 0.2) is 0 Å². The minimum Gasteiger partial charge on any atom is -0.480 e. The Kier molecular flexibility index (Phi) is 44.2. The number of benzene rings is 2. The molecule has 0 saturated carbocycles. The van der Waals surface area contributed by atoms with Crippen molar-refractivity contribution in [3.8, 4) is 0 Å². The van der Waals surface area contributed by atoms with E-state index in [9.17, 15) is 67.7 Å². The highest BCUT2D eigenvalue weighted by atomic mass is 32.2. The van der Waals surface area contributed by atoms with Crippen LogP contribution in [0.3, 0.4) is 0 Å². The molecule has 636 valence electrons. The number of carbonyl (C=O) groups is 13. The minimum atomic E-state index is -1.73. The molecule has 0 aromatic heterocycles. The summed E-state index contributed by atoms with van der Waals surface area (Å²) in [5.41, 5.74) is 19.1. The lowest BCUT2D eigenvalue weighted by molar-refractivity contribution is -0.148. The number of carboxylic acids is 1. The number of aliphatic hydroxyl groups is 1. The largest absolute Gasteiger partial charge is 0.480 e. The standard InChI is InChI=1S/C77H123N17O18S2/c1-3-4-17-57(85-66(98)25-24-65(97)83-28-11-38-110-40-42-112-43-41-111-39-12-29-84-67(99)47-91-34-36-92(37-35-91)74(105)56(45-81-30-26-78)46-82-31-27-79)69(100)88-60-50-113-48-54-15-8-16-55(44-54)49-114-51-61(77(108)109)89-71(102)58(21-20-53-13-6-5-7-14-53)86-70(101)59(22-23-64(80)96)87-73(104)68(52(2)95)90-72(103)62-18-9-32-93(62)76(107)63-19-10-33-94(63)75(60)106/h5-8,13-16,44,52,56-63,68,81-82,95H,3-4,9-12,17-43,45-51,78-79H2,1-2H3,(H2,80,96)(H,83,97)(H,84,99)(H,85,98)(H,86,101)(H,87,104)(H,88,100)(H,89,102)(H,90,103)(H,108,109)/t52-,57+,58+,59+,60+,61?,62+,63+,68+/m1/s1. The van der Waals surface area contributed by atoms with E-state index in [2.05, 4.69) is 53.2 Å². The lowest BCUT2D eigenvalue weighted by Crippen LogP contribution is -2.61. The van der Waals surface area contributed by atoms with Gasteiger partial charge in [-0.25, -0.2) is 4.79 Å². The number of rotatable bonds is 42. The van der Waals surface area contributed by atoms with E-state index in [1.165, 1.54) is 40.2 Å². The number of hydrogen-bond donors (Lipinski definition) is 15. The number of hydrogen-bond acceptors (Lipinski definition) is 24. The van der Waals surface area contributed by atoms with Gasteiger partial charge in [0.05, 0.1) is 45.0 Å². The molecule has 0 aliphatic carbocycles. The topological polar surface area (TPSA) is 501 Å². The molecule has 4 aliphatic heterocycles. The fourth-order valence-corrected chi connectivity index (χ4v) is 15.5. The van der Waals surface area contributed by atoms with Gasteiger partial charge in [0.2, 0.25) is 70.9 Å². The number of ether oxygens (including phenoxy) is 3. The molecule has 37 heteroatoms. The van der Waals surface area contributed by atoms with E-state index in [4.69, 9.17) is 31.4 Å². The number of aliphatic hydroxyl groups excluding tert-OH is 1. The van der Waals surface area contributed by atoms with Gasteiger partial charge < -0.3 is 109 Å². The monoisotopic (exact) mass is 1640 g/mol. The fourth-order valence-electron chi connectivity index (χ4n) is 13.5. The average Bonchev–Trinajstić information content (AvgIpc) is 1.64. The Labute approximate surface area is 676 Å². The SMILES string of the molecule is CCCC[C@H](NC(=O)CCC(=O)NCCCOCCOCCOCCCNC(=O)CN1CCN(C(=O)C(CNCCN)CNCCN)CC1)C(=O)N[C@H]1CSCc2cccc(c2)CSCC(C(=O)O)NC(=O)[C@H](CCc2ccccc2)NC(=O)[C@H](CCC(N)=O)NC(=O)[C@H]([C@@H](C)O)NC(=O)[C@@H]2CCCN2C(=O)[C@@H]2CCCN2C1=O. The molecule has 9 atom stereocenters. The van der Waals surface area contributed by atoms with Crippen molar-refractivity contribution in [2.75, 3.05) is 149 Å². The van der Waals surface area contributed by atoms with Crippen molar-refractivity contribution in [1.29, 1.82) is 0 Å². The first-order chi connectivity index (χ1) is 55.0. The number of nitrogens with one attached hydrogen (secondary N) is 10. The maximum Gasteiger partial charge on any atom is 0.327 e. The van der Waals surface area contributed by atoms with Crippen LogP contribution in [0.1, 0.15) is 120 Å². The van der Waals surface area contributed by atoms with Crippen LogP contribution in [0.4, 0.5) is 0 Å². The quantitative estimate of drug-likeness (QED) is 0.0301. The van der Waals surface area contributed by atoms with Crippen LogP contribution in [0, 0.1) is 5.92 Å². The van der Waals surface area contributed by atoms with Crippen molar-refractivity contribution < 1.29 is 86.8 Å². The van der Waals surface area contributed by atoms with E-state index in [-0.39, 0.29) is 113 Å². The Morgan fingerprint density at radius 2 is 1.18 bits per heavy atom. The summed E-state index contributed by atoms with van der Waals surface area (Å²) in [6.45, 7) is 12.0. The third-order valence-corrected chi connectivity index (χ3v) is 22.0. The average molecular weight is 1640 g/mol. The van der Waals surface area contributed by atoms with Crippen LogP contribution in [0.25, 0.3) is 0 Å². The smallest absolute Gasteiger partial charge is 0.327 e. The minimum absolute atomic E-state index is 0.00463. The Bertz CT molecular complexity index is 3370. The predicted molar refractivity (Wildman–Crippen MR) is 429 cm³/mol. The van der Waals surface area contributed by atoms with Crippen molar-refractivity contribution in [2.24, 2.45) is 23.1 Å². The van der Waals surface area contributed by atoms with Crippen molar-refractivity contribution in [1.82, 2.24) is 72.8 Å². The molecule has 4 heterocycles. The molecular weight excluding hydrogens is 1520 g/mol. The number of carbonyl (C=O) groups excluding carboxylic acids is 12. The second kappa shape index (κ2) is 53.2. The van der Waals surface area contributed by atoms with Crippen LogP contribution in [0.2, 0.25) is 0 Å². The molecule has 3 saturated heterocycles. The molecule has 35 nitrogen and oxygen atoms in total. The van der Waals surface area contributed by atoms with Crippen molar-refractivity contribution >= 4 is 100 Å². The first-order valence-electron chi connectivity index (χ1n) is 40.0. The summed E-state index contributed by atoms with van der Waals surface area (Å²) in [7, 11) is 0. The first kappa shape index (κ1) is 94.7. The van der Waals surface area contributed by atoms with Crippen LogP contribution < -0.4 is 70.4 Å². The number of unbranched alkanes of at least 4 members (excludes halogenated alkanes) is 1. The fraction of sp³-hybridized carbons (Fsp3) is 0.675. The summed E-state index contributed by atoms with van der Waals surface area (Å²) < 4.78 is 16.9. The maximum atomic E-state index is 15.1. The molecule has 4 aliphatic rings. The molecule has 1 unspecified atom stereocenters. The summed E-state index contributed by atoms with van der Waals surface area (Å²) >= 11 is 2.55. The van der Waals surface area contributed by atoms with E-state index in [1.54, 1.807) is 18.2 Å². The lowest BCUT2D eigenvalue weighted by Gasteiger charge is -2.36. The number of nitrogens with zero attached hydrogens (tertiary/aromatic N) is 4. The summed E-state index contributed by atoms with van der Waals surface area (Å²) in [6.07, 6.45) is 0.973. The van der Waals surface area contributed by atoms with Gasteiger partial charge in [0.25, 0.3) is 0 Å². The van der Waals surface area contributed by atoms with E-state index in [0.29, 0.717) is 162 Å². The molecule has 2 aromatic rings. The first-order valence-corrected chi connectivity index (χ1v) is 42.3. The summed E-state index contributed by atoms with van der Waals surface area (Å²) in [4.78, 5) is 186. The Hall–Kier alpha value is -8.11. The van der Waals surface area contributed by atoms with Gasteiger partial charge in [0.1, 0.15) is 48.3 Å². The highest BCUT2D eigenvalue weighted by Crippen LogP contribution is 2.28. The third kappa shape index (κ3) is 34.4. The van der Waals surface area contributed by atoms with Crippen LogP contribution in [0.15, 0.2) is 54.6 Å². The van der Waals surface area contributed by atoms with E-state index in [0.717, 1.165) is 16.7 Å². The Morgan fingerprint density at radius 3 is 1.79 bits per heavy atom. The van der Waals surface area contributed by atoms with Crippen LogP contribution in [-0.2, 0) is 94.5 Å². The van der Waals surface area contributed by atoms with E-state index >= 15 is 4.79 Å². The number of primary amides is 1. The number of thioether (sulfide) groups is 2. The number of carboxylic acid groups (broad SMARTS) is 1. The van der Waals surface area contributed by atoms with Crippen LogP contribution >= 0.6 is 23.5 Å². The maximum absolute atomic E-state index is 15.1. The van der Waals surface area contributed by atoms with E-state index < -0.39 is 120 Å². The second-order valence-corrected chi connectivity index (χ2v) is 30.9. The normalized spacial score (nSPS) is 21.2. The summed E-state index contributed by atoms with van der Waals surface area (Å²) in [5, 5.41) is 49.6. The van der Waals surface area contributed by atoms with Crippen LogP contribution in [0.5, 0.6) is 0 Å². The zero-order valence-corrected chi connectivity index (χ0v) is 67.7. The zero-order chi connectivity index (χ0) is 82.6. The number of fused-ring (bicyclic) bond motifs is 4. The van der Waals surface area contributed by atoms with Crippen molar-refractivity contribution in [3.05, 3.63) is 71.3 Å². The van der Waals surface area contributed by atoms with Gasteiger partial charge in [-0.05, 0) is 87.8 Å². The highest BCUT2D eigenvalue weighted by molar-refractivity contribution is 7.98. The highest BCUT2D eigenvalue weighted by Gasteiger charge is 2.45. The summed E-state index contributed by atoms with van der Waals surface area (Å²) in [6, 6.07) is 5.72. The molecule has 114 heavy (non-hydrogen) atoms. The molecule has 3 fully saturated rings. The number of piperazine rings is 1. The van der Waals surface area contributed by atoms with Gasteiger partial charge in [0, 0.05) is 147 Å². The molecular formula is C77H123N17O18S2. The number of aryl methyl sites for hydroxylation is 1. The molecule has 18 N–H and O–H groups in total. The van der Waals surface area contributed by atoms with Crippen LogP contribution in [-0.4, -0.2) is 310 Å². The van der Waals surface area contributed by atoms with Gasteiger partial charge in [-0.15, -0.1) is 0 Å². The molecule has 12 amide bonds. The number of aliphatic carboxylic acids is 1. The third-order valence-electron chi connectivity index (χ3n) is 19.8. The van der Waals surface area contributed by atoms with Crippen molar-refractivity contribution in [3.63, 3.8) is 0 Å². The van der Waals surface area contributed by atoms with Gasteiger partial charge in [-0.3, -0.25) is 62.4 Å². The Morgan fingerprint density at radius 1 is 0.614 bits per heavy atom. The summed E-state index contributed by atoms with van der Waals surface area (Å²) in [5.74, 6) is -8.33. The molecule has 0 spiro atoms.